The van der Waals surface area contributed by atoms with Crippen LogP contribution in [-0.4, -0.2) is 21.6 Å². The van der Waals surface area contributed by atoms with Crippen molar-refractivity contribution in [3.05, 3.63) is 30.2 Å². The molecular weight excluding hydrogens is 178 g/mol. The maximum atomic E-state index is 9.79. The van der Waals surface area contributed by atoms with Gasteiger partial charge in [-0.1, -0.05) is 0 Å². The second-order valence-corrected chi connectivity index (χ2v) is 3.26. The van der Waals surface area contributed by atoms with Crippen molar-refractivity contribution in [3.63, 3.8) is 0 Å². The van der Waals surface area contributed by atoms with Crippen molar-refractivity contribution < 1.29 is 5.11 Å². The normalized spacial score (nSPS) is 13.3. The second kappa shape index (κ2) is 3.77. The Morgan fingerprint density at radius 1 is 1.57 bits per heavy atom. The van der Waals surface area contributed by atoms with E-state index < -0.39 is 6.10 Å². The van der Waals surface area contributed by atoms with E-state index in [2.05, 4.69) is 9.97 Å². The molecule has 2 aromatic rings. The standard InChI is InChI=1S/C10H13N3O/c11-3-1-10(14)8-5-13-9-6-12-4-2-7(8)9/h2,4-6,10,13-14H,1,3,11H2. The summed E-state index contributed by atoms with van der Waals surface area (Å²) in [5, 5.41) is 10.8. The van der Waals surface area contributed by atoms with Crippen LogP contribution in [0.3, 0.4) is 0 Å². The molecule has 2 heterocycles. The molecule has 1 unspecified atom stereocenters. The first kappa shape index (κ1) is 9.18. The Hall–Kier alpha value is -1.39. The average molecular weight is 191 g/mol. The lowest BCUT2D eigenvalue weighted by atomic mass is 10.1. The molecule has 0 aliphatic heterocycles. The fourth-order valence-corrected chi connectivity index (χ4v) is 1.58. The molecule has 4 N–H and O–H groups in total. The fourth-order valence-electron chi connectivity index (χ4n) is 1.58. The summed E-state index contributed by atoms with van der Waals surface area (Å²) >= 11 is 0. The van der Waals surface area contributed by atoms with Crippen LogP contribution < -0.4 is 5.73 Å². The summed E-state index contributed by atoms with van der Waals surface area (Å²) in [5.41, 5.74) is 7.24. The zero-order valence-electron chi connectivity index (χ0n) is 7.77. The molecule has 1 atom stereocenters. The molecule has 0 aliphatic rings. The lowest BCUT2D eigenvalue weighted by Crippen LogP contribution is -2.06. The number of rotatable bonds is 3. The largest absolute Gasteiger partial charge is 0.388 e. The molecule has 0 amide bonds. The molecule has 0 saturated heterocycles. The number of aliphatic hydroxyl groups is 1. The van der Waals surface area contributed by atoms with E-state index in [0.29, 0.717) is 13.0 Å². The minimum absolute atomic E-state index is 0.485. The first-order chi connectivity index (χ1) is 6.83. The Balaban J connectivity index is 2.42. The third-order valence-electron chi connectivity index (χ3n) is 2.31. The summed E-state index contributed by atoms with van der Waals surface area (Å²) in [6.07, 6.45) is 5.36. The highest BCUT2D eigenvalue weighted by molar-refractivity contribution is 5.82. The zero-order chi connectivity index (χ0) is 9.97. The minimum atomic E-state index is -0.490. The molecule has 0 fully saturated rings. The Morgan fingerprint density at radius 3 is 3.21 bits per heavy atom. The first-order valence-corrected chi connectivity index (χ1v) is 4.62. The van der Waals surface area contributed by atoms with Gasteiger partial charge in [0.05, 0.1) is 17.8 Å². The van der Waals surface area contributed by atoms with Crippen LogP contribution in [0.1, 0.15) is 18.1 Å². The first-order valence-electron chi connectivity index (χ1n) is 4.62. The molecular formula is C10H13N3O. The van der Waals surface area contributed by atoms with Crippen molar-refractivity contribution in [2.24, 2.45) is 5.73 Å². The lowest BCUT2D eigenvalue weighted by molar-refractivity contribution is 0.172. The van der Waals surface area contributed by atoms with Crippen LogP contribution >= 0.6 is 0 Å². The van der Waals surface area contributed by atoms with Gasteiger partial charge in [-0.3, -0.25) is 4.98 Å². The van der Waals surface area contributed by atoms with E-state index in [-0.39, 0.29) is 0 Å². The van der Waals surface area contributed by atoms with Crippen LogP contribution in [0.2, 0.25) is 0 Å². The number of hydrogen-bond donors (Lipinski definition) is 3. The van der Waals surface area contributed by atoms with Gasteiger partial charge in [0.2, 0.25) is 0 Å². The van der Waals surface area contributed by atoms with Crippen molar-refractivity contribution in [1.82, 2.24) is 9.97 Å². The van der Waals surface area contributed by atoms with Gasteiger partial charge in [0.1, 0.15) is 0 Å². The number of aromatic amines is 1. The number of hydrogen-bond acceptors (Lipinski definition) is 3. The van der Waals surface area contributed by atoms with Gasteiger partial charge >= 0.3 is 0 Å². The van der Waals surface area contributed by atoms with E-state index in [1.807, 2.05) is 12.3 Å². The minimum Gasteiger partial charge on any atom is -0.388 e. The van der Waals surface area contributed by atoms with E-state index >= 15 is 0 Å². The molecule has 0 bridgehead atoms. The van der Waals surface area contributed by atoms with Gasteiger partial charge in [-0.25, -0.2) is 0 Å². The number of aliphatic hydroxyl groups excluding tert-OH is 1. The second-order valence-electron chi connectivity index (χ2n) is 3.26. The monoisotopic (exact) mass is 191 g/mol. The third kappa shape index (κ3) is 1.49. The van der Waals surface area contributed by atoms with Crippen LogP contribution in [0, 0.1) is 0 Å². The molecule has 0 saturated carbocycles. The van der Waals surface area contributed by atoms with E-state index in [1.54, 1.807) is 12.4 Å². The fraction of sp³-hybridized carbons (Fsp3) is 0.300. The summed E-state index contributed by atoms with van der Waals surface area (Å²) in [4.78, 5) is 7.06. The van der Waals surface area contributed by atoms with Gasteiger partial charge in [-0.15, -0.1) is 0 Å². The third-order valence-corrected chi connectivity index (χ3v) is 2.31. The lowest BCUT2D eigenvalue weighted by Gasteiger charge is -2.06. The van der Waals surface area contributed by atoms with Gasteiger partial charge in [-0.05, 0) is 19.0 Å². The predicted molar refractivity (Wildman–Crippen MR) is 54.7 cm³/mol. The number of fused-ring (bicyclic) bond motifs is 1. The van der Waals surface area contributed by atoms with Crippen molar-refractivity contribution in [2.45, 2.75) is 12.5 Å². The highest BCUT2D eigenvalue weighted by Crippen LogP contribution is 2.24. The Kier molecular flexibility index (Phi) is 2.47. The Morgan fingerprint density at radius 2 is 2.43 bits per heavy atom. The molecule has 0 aromatic carbocycles. The maximum absolute atomic E-state index is 9.79. The summed E-state index contributed by atoms with van der Waals surface area (Å²) in [6.45, 7) is 0.485. The molecule has 0 aliphatic carbocycles. The number of nitrogens with zero attached hydrogens (tertiary/aromatic N) is 1. The van der Waals surface area contributed by atoms with Crippen LogP contribution in [0.15, 0.2) is 24.7 Å². The van der Waals surface area contributed by atoms with Crippen molar-refractivity contribution in [2.75, 3.05) is 6.54 Å². The molecule has 2 rings (SSSR count). The molecule has 4 nitrogen and oxygen atoms in total. The number of aromatic nitrogens is 2. The van der Waals surface area contributed by atoms with Crippen molar-refractivity contribution in [3.8, 4) is 0 Å². The highest BCUT2D eigenvalue weighted by atomic mass is 16.3. The predicted octanol–water partition coefficient (Wildman–Crippen LogP) is 0.945. The van der Waals surface area contributed by atoms with E-state index in [4.69, 9.17) is 5.73 Å². The molecule has 4 heteroatoms. The molecule has 14 heavy (non-hydrogen) atoms. The SMILES string of the molecule is NCCC(O)c1c[nH]c2cnccc12. The molecule has 2 aromatic heterocycles. The van der Waals surface area contributed by atoms with E-state index in [0.717, 1.165) is 16.5 Å². The van der Waals surface area contributed by atoms with Crippen molar-refractivity contribution in [1.29, 1.82) is 0 Å². The quantitative estimate of drug-likeness (QED) is 0.676. The van der Waals surface area contributed by atoms with Crippen LogP contribution in [-0.2, 0) is 0 Å². The van der Waals surface area contributed by atoms with Gasteiger partial charge in [0.15, 0.2) is 0 Å². The smallest absolute Gasteiger partial charge is 0.0822 e. The summed E-state index contributed by atoms with van der Waals surface area (Å²) in [6, 6.07) is 1.89. The van der Waals surface area contributed by atoms with Crippen molar-refractivity contribution >= 4 is 10.9 Å². The molecule has 74 valence electrons. The van der Waals surface area contributed by atoms with Crippen LogP contribution in [0.5, 0.6) is 0 Å². The van der Waals surface area contributed by atoms with Crippen LogP contribution in [0.4, 0.5) is 0 Å². The Bertz CT molecular complexity index is 424. The highest BCUT2D eigenvalue weighted by Gasteiger charge is 2.11. The maximum Gasteiger partial charge on any atom is 0.0822 e. The topological polar surface area (TPSA) is 74.9 Å². The van der Waals surface area contributed by atoms with Gasteiger partial charge in [-0.2, -0.15) is 0 Å². The van der Waals surface area contributed by atoms with Gasteiger partial charge < -0.3 is 15.8 Å². The summed E-state index contributed by atoms with van der Waals surface area (Å²) in [7, 11) is 0. The van der Waals surface area contributed by atoms with Gasteiger partial charge in [0.25, 0.3) is 0 Å². The summed E-state index contributed by atoms with van der Waals surface area (Å²) < 4.78 is 0. The number of nitrogens with two attached hydrogens (primary N) is 1. The molecule has 0 radical (unpaired) electrons. The number of nitrogens with one attached hydrogen (secondary N) is 1. The van der Waals surface area contributed by atoms with E-state index in [9.17, 15) is 5.11 Å². The van der Waals surface area contributed by atoms with E-state index in [1.165, 1.54) is 0 Å². The van der Waals surface area contributed by atoms with Crippen LogP contribution in [0.25, 0.3) is 10.9 Å². The zero-order valence-corrected chi connectivity index (χ0v) is 7.77. The Labute approximate surface area is 81.8 Å². The van der Waals surface area contributed by atoms with Gasteiger partial charge in [0, 0.05) is 23.3 Å². The molecule has 0 spiro atoms. The number of H-pyrrole nitrogens is 1. The number of pyridine rings is 1. The summed E-state index contributed by atoms with van der Waals surface area (Å²) in [5.74, 6) is 0. The average Bonchev–Trinajstić information content (AvgIpc) is 2.61.